The van der Waals surface area contributed by atoms with Crippen LogP contribution in [0.15, 0.2) is 30.4 Å². The number of halogens is 1. The van der Waals surface area contributed by atoms with Crippen molar-refractivity contribution in [2.24, 2.45) is 0 Å². The van der Waals surface area contributed by atoms with Crippen LogP contribution >= 0.6 is 0 Å². The lowest BCUT2D eigenvalue weighted by atomic mass is 9.99. The van der Waals surface area contributed by atoms with Crippen molar-refractivity contribution in [1.29, 1.82) is 0 Å². The van der Waals surface area contributed by atoms with Gasteiger partial charge in [0.05, 0.1) is 6.04 Å². The second kappa shape index (κ2) is 4.38. The summed E-state index contributed by atoms with van der Waals surface area (Å²) in [4.78, 5) is 0. The lowest BCUT2D eigenvalue weighted by molar-refractivity contribution is 0.566. The summed E-state index contributed by atoms with van der Waals surface area (Å²) < 4.78 is 13.7. The molecule has 1 N–H and O–H groups in total. The molecule has 0 bridgehead atoms. The predicted molar refractivity (Wildman–Crippen MR) is 57.8 cm³/mol. The van der Waals surface area contributed by atoms with Gasteiger partial charge in [-0.1, -0.05) is 30.4 Å². The molecule has 1 rings (SSSR count). The highest BCUT2D eigenvalue weighted by Gasteiger charge is 2.15. The Morgan fingerprint density at radius 2 is 2.14 bits per heavy atom. The first kappa shape index (κ1) is 10.9. The Kier molecular flexibility index (Phi) is 3.42. The Hall–Kier alpha value is -1.15. The van der Waals surface area contributed by atoms with Gasteiger partial charge >= 0.3 is 0 Å². The average Bonchev–Trinajstić information content (AvgIpc) is 2.13. The van der Waals surface area contributed by atoms with E-state index in [4.69, 9.17) is 0 Å². The molecule has 0 aliphatic carbocycles. The minimum atomic E-state index is -0.144. The Balaban J connectivity index is 3.16. The van der Waals surface area contributed by atoms with Crippen molar-refractivity contribution in [3.63, 3.8) is 0 Å². The molecule has 0 aromatic heterocycles. The van der Waals surface area contributed by atoms with E-state index in [1.165, 1.54) is 0 Å². The van der Waals surface area contributed by atoms with E-state index in [2.05, 4.69) is 11.9 Å². The number of hydrogen-bond donors (Lipinski definition) is 1. The van der Waals surface area contributed by atoms with E-state index in [-0.39, 0.29) is 11.9 Å². The van der Waals surface area contributed by atoms with Gasteiger partial charge in [-0.3, -0.25) is 0 Å². The van der Waals surface area contributed by atoms with E-state index in [0.717, 1.165) is 5.57 Å². The fourth-order valence-corrected chi connectivity index (χ4v) is 1.56. The van der Waals surface area contributed by atoms with Crippen molar-refractivity contribution < 1.29 is 4.39 Å². The Morgan fingerprint density at radius 3 is 2.64 bits per heavy atom. The monoisotopic (exact) mass is 193 g/mol. The number of aryl methyl sites for hydroxylation is 1. The standard InChI is InChI=1S/C12H16FN/c1-8(2)12(14-4)10-7-5-6-9(3)11(10)13/h5-7,12,14H,1H2,2-4H3. The van der Waals surface area contributed by atoms with Crippen LogP contribution in [0.25, 0.3) is 0 Å². The number of hydrogen-bond acceptors (Lipinski definition) is 1. The van der Waals surface area contributed by atoms with Gasteiger partial charge in [0.25, 0.3) is 0 Å². The van der Waals surface area contributed by atoms with Gasteiger partial charge in [-0.2, -0.15) is 0 Å². The van der Waals surface area contributed by atoms with E-state index < -0.39 is 0 Å². The molecule has 1 unspecified atom stereocenters. The van der Waals surface area contributed by atoms with E-state index in [9.17, 15) is 4.39 Å². The summed E-state index contributed by atoms with van der Waals surface area (Å²) in [5, 5.41) is 3.05. The highest BCUT2D eigenvalue weighted by atomic mass is 19.1. The van der Waals surface area contributed by atoms with E-state index in [1.54, 1.807) is 26.1 Å². The Bertz CT molecular complexity index is 344. The molecule has 0 saturated carbocycles. The maximum atomic E-state index is 13.7. The average molecular weight is 193 g/mol. The first-order valence-corrected chi connectivity index (χ1v) is 4.65. The van der Waals surface area contributed by atoms with Crippen molar-refractivity contribution in [2.75, 3.05) is 7.05 Å². The molecule has 1 aromatic carbocycles. The zero-order chi connectivity index (χ0) is 10.7. The third-order valence-corrected chi connectivity index (χ3v) is 2.31. The van der Waals surface area contributed by atoms with E-state index >= 15 is 0 Å². The number of benzene rings is 1. The van der Waals surface area contributed by atoms with Gasteiger partial charge in [-0.15, -0.1) is 0 Å². The first-order chi connectivity index (χ1) is 6.57. The normalized spacial score (nSPS) is 12.6. The number of rotatable bonds is 3. The van der Waals surface area contributed by atoms with Crippen LogP contribution in [0.5, 0.6) is 0 Å². The molecule has 0 fully saturated rings. The SMILES string of the molecule is C=C(C)C(NC)c1cccc(C)c1F. The van der Waals surface area contributed by atoms with Crippen LogP contribution in [0.1, 0.15) is 24.1 Å². The van der Waals surface area contributed by atoms with Crippen molar-refractivity contribution in [1.82, 2.24) is 5.32 Å². The zero-order valence-corrected chi connectivity index (χ0v) is 8.89. The van der Waals surface area contributed by atoms with Gasteiger partial charge in [0, 0.05) is 5.56 Å². The molecule has 2 heteroatoms. The molecule has 14 heavy (non-hydrogen) atoms. The van der Waals surface area contributed by atoms with Gasteiger partial charge in [0.15, 0.2) is 0 Å². The van der Waals surface area contributed by atoms with Gasteiger partial charge in [0.2, 0.25) is 0 Å². The molecule has 0 saturated heterocycles. The van der Waals surface area contributed by atoms with Crippen LogP contribution in [0.2, 0.25) is 0 Å². The minimum Gasteiger partial charge on any atom is -0.310 e. The summed E-state index contributed by atoms with van der Waals surface area (Å²) >= 11 is 0. The van der Waals surface area contributed by atoms with Crippen LogP contribution in [-0.4, -0.2) is 7.05 Å². The van der Waals surface area contributed by atoms with Gasteiger partial charge in [-0.05, 0) is 26.5 Å². The fraction of sp³-hybridized carbons (Fsp3) is 0.333. The number of nitrogens with one attached hydrogen (secondary N) is 1. The Morgan fingerprint density at radius 1 is 1.50 bits per heavy atom. The van der Waals surface area contributed by atoms with Crippen LogP contribution in [0.3, 0.4) is 0 Å². The molecule has 0 aliphatic heterocycles. The molecular weight excluding hydrogens is 177 g/mol. The Labute approximate surface area is 84.6 Å². The fourth-order valence-electron chi connectivity index (χ4n) is 1.56. The highest BCUT2D eigenvalue weighted by molar-refractivity contribution is 5.31. The quantitative estimate of drug-likeness (QED) is 0.728. The molecule has 0 spiro atoms. The molecule has 0 radical (unpaired) electrons. The lowest BCUT2D eigenvalue weighted by Crippen LogP contribution is -2.18. The third kappa shape index (κ3) is 2.02. The maximum absolute atomic E-state index is 13.7. The molecule has 1 nitrogen and oxygen atoms in total. The second-order valence-corrected chi connectivity index (χ2v) is 3.55. The number of likely N-dealkylation sites (N-methyl/N-ethyl adjacent to an activating group) is 1. The molecule has 0 amide bonds. The van der Waals surface area contributed by atoms with Crippen LogP contribution in [-0.2, 0) is 0 Å². The molecule has 1 aromatic rings. The summed E-state index contributed by atoms with van der Waals surface area (Å²) in [6.45, 7) is 7.50. The van der Waals surface area contributed by atoms with E-state index in [0.29, 0.717) is 11.1 Å². The van der Waals surface area contributed by atoms with Crippen molar-refractivity contribution in [2.45, 2.75) is 19.9 Å². The minimum absolute atomic E-state index is 0.102. The summed E-state index contributed by atoms with van der Waals surface area (Å²) in [6, 6.07) is 5.32. The van der Waals surface area contributed by atoms with E-state index in [1.807, 2.05) is 13.0 Å². The van der Waals surface area contributed by atoms with Gasteiger partial charge in [-0.25, -0.2) is 4.39 Å². The highest BCUT2D eigenvalue weighted by Crippen LogP contribution is 2.23. The lowest BCUT2D eigenvalue weighted by Gasteiger charge is -2.18. The van der Waals surface area contributed by atoms with Crippen LogP contribution < -0.4 is 5.32 Å². The second-order valence-electron chi connectivity index (χ2n) is 3.55. The van der Waals surface area contributed by atoms with Crippen molar-refractivity contribution >= 4 is 0 Å². The largest absolute Gasteiger partial charge is 0.310 e. The summed E-state index contributed by atoms with van der Waals surface area (Å²) in [7, 11) is 1.81. The topological polar surface area (TPSA) is 12.0 Å². The van der Waals surface area contributed by atoms with Crippen molar-refractivity contribution in [3.05, 3.63) is 47.3 Å². The van der Waals surface area contributed by atoms with Crippen LogP contribution in [0.4, 0.5) is 4.39 Å². The first-order valence-electron chi connectivity index (χ1n) is 4.65. The molecule has 0 aliphatic rings. The predicted octanol–water partition coefficient (Wildman–Crippen LogP) is 2.97. The molecule has 0 heterocycles. The third-order valence-electron chi connectivity index (χ3n) is 2.31. The van der Waals surface area contributed by atoms with Gasteiger partial charge < -0.3 is 5.32 Å². The smallest absolute Gasteiger partial charge is 0.131 e. The van der Waals surface area contributed by atoms with Crippen molar-refractivity contribution in [3.8, 4) is 0 Å². The maximum Gasteiger partial charge on any atom is 0.131 e. The van der Waals surface area contributed by atoms with Crippen LogP contribution in [0, 0.1) is 12.7 Å². The molecular formula is C12H16FN. The summed E-state index contributed by atoms with van der Waals surface area (Å²) in [5.74, 6) is -0.144. The van der Waals surface area contributed by atoms with Gasteiger partial charge in [0.1, 0.15) is 5.82 Å². The summed E-state index contributed by atoms with van der Waals surface area (Å²) in [6.07, 6.45) is 0. The summed E-state index contributed by atoms with van der Waals surface area (Å²) in [5.41, 5.74) is 2.25. The molecule has 76 valence electrons. The zero-order valence-electron chi connectivity index (χ0n) is 8.89. The molecule has 1 atom stereocenters.